The minimum Gasteiger partial charge on any atom is -0.492 e. The number of benzene rings is 1. The highest BCUT2D eigenvalue weighted by molar-refractivity contribution is 8.00. The van der Waals surface area contributed by atoms with E-state index in [-0.39, 0.29) is 11.8 Å². The third-order valence-electron chi connectivity index (χ3n) is 4.18. The average molecular weight is 405 g/mol. The van der Waals surface area contributed by atoms with Gasteiger partial charge in [-0.15, -0.1) is 0 Å². The largest absolute Gasteiger partial charge is 0.492 e. The first kappa shape index (κ1) is 21.7. The highest BCUT2D eigenvalue weighted by Crippen LogP contribution is 2.32. The summed E-state index contributed by atoms with van der Waals surface area (Å²) in [6.07, 6.45) is 1.13. The van der Waals surface area contributed by atoms with Crippen LogP contribution in [-0.2, 0) is 4.79 Å². The van der Waals surface area contributed by atoms with Crippen molar-refractivity contribution in [3.8, 4) is 5.75 Å². The van der Waals surface area contributed by atoms with Gasteiger partial charge in [0.15, 0.2) is 0 Å². The lowest BCUT2D eigenvalue weighted by molar-refractivity contribution is -0.114. The maximum absolute atomic E-state index is 12.2. The number of ether oxygens (including phenoxy) is 1. The zero-order valence-electron chi connectivity index (χ0n) is 15.6. The fourth-order valence-electron chi connectivity index (χ4n) is 2.97. The van der Waals surface area contributed by atoms with E-state index < -0.39 is 17.2 Å². The van der Waals surface area contributed by atoms with Crippen molar-refractivity contribution < 1.29 is 22.7 Å². The topological polar surface area (TPSA) is 44.8 Å². The van der Waals surface area contributed by atoms with Crippen molar-refractivity contribution in [2.75, 3.05) is 55.3 Å². The molecule has 0 bridgehead atoms. The van der Waals surface area contributed by atoms with E-state index in [1.54, 1.807) is 6.07 Å². The zero-order valence-corrected chi connectivity index (χ0v) is 16.5. The Morgan fingerprint density at radius 2 is 1.93 bits per heavy atom. The Morgan fingerprint density at radius 3 is 2.52 bits per heavy atom. The molecule has 0 aliphatic carbocycles. The predicted octanol–water partition coefficient (Wildman–Crippen LogP) is 3.81. The lowest BCUT2D eigenvalue weighted by Crippen LogP contribution is -2.46. The molecular formula is C18H26F3N3O2S. The molecule has 2 rings (SSSR count). The number of thioether (sulfide) groups is 1. The number of nitrogens with one attached hydrogen (secondary N) is 1. The molecule has 1 fully saturated rings. The van der Waals surface area contributed by atoms with Crippen LogP contribution in [-0.4, -0.2) is 61.4 Å². The third-order valence-corrected chi connectivity index (χ3v) is 4.92. The van der Waals surface area contributed by atoms with Crippen molar-refractivity contribution >= 4 is 29.0 Å². The molecule has 0 unspecified atom stereocenters. The number of halogens is 3. The van der Waals surface area contributed by atoms with Gasteiger partial charge in [-0.25, -0.2) is 0 Å². The number of nitrogens with zero attached hydrogens (tertiary/aromatic N) is 2. The van der Waals surface area contributed by atoms with E-state index in [1.807, 2.05) is 19.1 Å². The Morgan fingerprint density at radius 1 is 1.22 bits per heavy atom. The first-order valence-corrected chi connectivity index (χ1v) is 10.1. The number of anilines is 2. The molecule has 1 saturated heterocycles. The van der Waals surface area contributed by atoms with Crippen LogP contribution in [0.3, 0.4) is 0 Å². The molecule has 1 N–H and O–H groups in total. The van der Waals surface area contributed by atoms with Gasteiger partial charge in [-0.2, -0.15) is 13.2 Å². The van der Waals surface area contributed by atoms with Crippen molar-refractivity contribution in [1.82, 2.24) is 4.90 Å². The maximum atomic E-state index is 12.2. The van der Waals surface area contributed by atoms with Crippen LogP contribution in [0.5, 0.6) is 5.75 Å². The van der Waals surface area contributed by atoms with Gasteiger partial charge in [0.1, 0.15) is 5.75 Å². The normalized spacial score (nSPS) is 15.7. The first-order chi connectivity index (χ1) is 12.8. The van der Waals surface area contributed by atoms with E-state index in [9.17, 15) is 18.0 Å². The molecule has 0 spiro atoms. The number of hydrogen-bond acceptors (Lipinski definition) is 5. The fraction of sp³-hybridized carbons (Fsp3) is 0.611. The maximum Gasteiger partial charge on any atom is 0.442 e. The fourth-order valence-corrected chi connectivity index (χ4v) is 3.33. The second-order valence-electron chi connectivity index (χ2n) is 6.22. The SMILES string of the molecule is CCCN1CCN(c2ccc(NC(=O)CSC(F)(F)F)c(OCC)c2)CC1. The number of alkyl halides is 3. The highest BCUT2D eigenvalue weighted by Gasteiger charge is 2.29. The van der Waals surface area contributed by atoms with Crippen LogP contribution in [0.4, 0.5) is 24.5 Å². The summed E-state index contributed by atoms with van der Waals surface area (Å²) in [6.45, 7) is 9.27. The van der Waals surface area contributed by atoms with Gasteiger partial charge in [-0.05, 0) is 43.8 Å². The molecule has 0 atom stereocenters. The van der Waals surface area contributed by atoms with Crippen molar-refractivity contribution in [3.05, 3.63) is 18.2 Å². The number of rotatable bonds is 8. The zero-order chi connectivity index (χ0) is 19.9. The highest BCUT2D eigenvalue weighted by atomic mass is 32.2. The summed E-state index contributed by atoms with van der Waals surface area (Å²) in [4.78, 5) is 16.5. The summed E-state index contributed by atoms with van der Waals surface area (Å²) in [6, 6.07) is 5.39. The Labute approximate surface area is 162 Å². The molecule has 0 saturated carbocycles. The number of amides is 1. The van der Waals surface area contributed by atoms with E-state index in [2.05, 4.69) is 22.0 Å². The standard InChI is InChI=1S/C18H26F3N3O2S/c1-3-7-23-8-10-24(11-9-23)14-5-6-15(16(12-14)26-4-2)22-17(25)13-27-18(19,20)21/h5-6,12H,3-4,7-11,13H2,1-2H3,(H,22,25). The Kier molecular flexibility index (Phi) is 8.09. The molecule has 0 radical (unpaired) electrons. The summed E-state index contributed by atoms with van der Waals surface area (Å²) < 4.78 is 42.3. The van der Waals surface area contributed by atoms with Crippen LogP contribution in [0.2, 0.25) is 0 Å². The van der Waals surface area contributed by atoms with Gasteiger partial charge in [0.25, 0.3) is 0 Å². The summed E-state index contributed by atoms with van der Waals surface area (Å²) >= 11 is -0.356. The summed E-state index contributed by atoms with van der Waals surface area (Å²) in [5, 5.41) is 2.51. The van der Waals surface area contributed by atoms with E-state index in [0.717, 1.165) is 44.8 Å². The number of carbonyl (C=O) groups is 1. The molecule has 5 nitrogen and oxygen atoms in total. The molecule has 1 aromatic carbocycles. The Balaban J connectivity index is 2.02. The summed E-state index contributed by atoms with van der Waals surface area (Å²) in [5.74, 6) is -0.925. The minimum atomic E-state index is -4.43. The second-order valence-corrected chi connectivity index (χ2v) is 7.27. The molecule has 1 heterocycles. The van der Waals surface area contributed by atoms with Crippen LogP contribution in [0, 0.1) is 0 Å². The van der Waals surface area contributed by atoms with Crippen LogP contribution in [0.15, 0.2) is 18.2 Å². The van der Waals surface area contributed by atoms with Gasteiger partial charge in [0, 0.05) is 37.9 Å². The molecule has 27 heavy (non-hydrogen) atoms. The smallest absolute Gasteiger partial charge is 0.442 e. The molecule has 1 aromatic rings. The summed E-state index contributed by atoms with van der Waals surface area (Å²) in [7, 11) is 0. The third kappa shape index (κ3) is 7.14. The number of hydrogen-bond donors (Lipinski definition) is 1. The Hall–Kier alpha value is -1.61. The van der Waals surface area contributed by atoms with Crippen LogP contribution in [0.25, 0.3) is 0 Å². The molecule has 1 amide bonds. The van der Waals surface area contributed by atoms with E-state index in [4.69, 9.17) is 4.74 Å². The average Bonchev–Trinajstić information content (AvgIpc) is 2.62. The molecular weight excluding hydrogens is 379 g/mol. The van der Waals surface area contributed by atoms with Crippen molar-refractivity contribution in [1.29, 1.82) is 0 Å². The van der Waals surface area contributed by atoms with Crippen molar-refractivity contribution in [2.24, 2.45) is 0 Å². The van der Waals surface area contributed by atoms with Gasteiger partial charge in [-0.3, -0.25) is 9.69 Å². The van der Waals surface area contributed by atoms with E-state index in [0.29, 0.717) is 18.0 Å². The van der Waals surface area contributed by atoms with Gasteiger partial charge in [0.05, 0.1) is 18.0 Å². The van der Waals surface area contributed by atoms with E-state index in [1.165, 1.54) is 0 Å². The van der Waals surface area contributed by atoms with Gasteiger partial charge in [-0.1, -0.05) is 6.92 Å². The van der Waals surface area contributed by atoms with Crippen LogP contribution in [0.1, 0.15) is 20.3 Å². The summed E-state index contributed by atoms with van der Waals surface area (Å²) in [5.41, 5.74) is -3.06. The molecule has 0 aromatic heterocycles. The Bertz CT molecular complexity index is 620. The van der Waals surface area contributed by atoms with Crippen molar-refractivity contribution in [3.63, 3.8) is 0 Å². The number of piperazine rings is 1. The molecule has 1 aliphatic heterocycles. The first-order valence-electron chi connectivity index (χ1n) is 9.07. The van der Waals surface area contributed by atoms with E-state index >= 15 is 0 Å². The monoisotopic (exact) mass is 405 g/mol. The van der Waals surface area contributed by atoms with Crippen LogP contribution < -0.4 is 15.0 Å². The number of carbonyl (C=O) groups excluding carboxylic acids is 1. The van der Waals surface area contributed by atoms with Crippen LogP contribution >= 0.6 is 11.8 Å². The lowest BCUT2D eigenvalue weighted by atomic mass is 10.2. The van der Waals surface area contributed by atoms with Gasteiger partial charge >= 0.3 is 5.51 Å². The predicted molar refractivity (Wildman–Crippen MR) is 104 cm³/mol. The van der Waals surface area contributed by atoms with Gasteiger partial charge < -0.3 is 15.0 Å². The quantitative estimate of drug-likeness (QED) is 0.713. The second kappa shape index (κ2) is 10.1. The minimum absolute atomic E-state index is 0.356. The molecule has 9 heteroatoms. The van der Waals surface area contributed by atoms with Crippen molar-refractivity contribution in [2.45, 2.75) is 25.8 Å². The molecule has 152 valence electrons. The molecule has 1 aliphatic rings. The van der Waals surface area contributed by atoms with Gasteiger partial charge in [0.2, 0.25) is 5.91 Å². The lowest BCUT2D eigenvalue weighted by Gasteiger charge is -2.36.